The second kappa shape index (κ2) is 6.43. The summed E-state index contributed by atoms with van der Waals surface area (Å²) in [5.41, 5.74) is 6.01. The summed E-state index contributed by atoms with van der Waals surface area (Å²) < 4.78 is 0. The fraction of sp³-hybridized carbons (Fsp3) is 0.625. The van der Waals surface area contributed by atoms with Crippen LogP contribution in [0.25, 0.3) is 0 Å². The molecule has 1 aliphatic carbocycles. The molecule has 2 unspecified atom stereocenters. The van der Waals surface area contributed by atoms with Crippen molar-refractivity contribution in [3.05, 3.63) is 24.4 Å². The molecule has 1 aromatic heterocycles. The Bertz CT molecular complexity index is 470. The van der Waals surface area contributed by atoms with E-state index >= 15 is 0 Å². The van der Waals surface area contributed by atoms with Crippen LogP contribution in [0.4, 0.5) is 5.82 Å². The van der Waals surface area contributed by atoms with E-state index in [1.54, 1.807) is 0 Å². The number of nitrogens with one attached hydrogen (secondary N) is 1. The van der Waals surface area contributed by atoms with E-state index in [1.165, 1.54) is 0 Å². The van der Waals surface area contributed by atoms with Gasteiger partial charge in [0.25, 0.3) is 0 Å². The van der Waals surface area contributed by atoms with E-state index in [9.17, 15) is 4.79 Å². The van der Waals surface area contributed by atoms with Crippen LogP contribution in [-0.4, -0.2) is 36.1 Å². The number of anilines is 1. The lowest BCUT2D eigenvalue weighted by molar-refractivity contribution is -0.126. The third-order valence-corrected chi connectivity index (χ3v) is 4.72. The lowest BCUT2D eigenvalue weighted by atomic mass is 10.00. The zero-order valence-electron chi connectivity index (χ0n) is 12.4. The molecular weight excluding hydrogens is 264 g/mol. The monoisotopic (exact) mass is 288 g/mol. The Balaban J connectivity index is 1.49. The van der Waals surface area contributed by atoms with Crippen LogP contribution in [0, 0.1) is 5.92 Å². The number of pyridine rings is 1. The number of nitrogens with zero attached hydrogens (tertiary/aromatic N) is 2. The van der Waals surface area contributed by atoms with Crippen LogP contribution in [0.5, 0.6) is 0 Å². The molecule has 0 bridgehead atoms. The number of nitrogens with two attached hydrogens (primary N) is 1. The molecule has 1 saturated carbocycles. The first-order valence-corrected chi connectivity index (χ1v) is 7.96. The lowest BCUT2D eigenvalue weighted by Crippen LogP contribution is -2.48. The molecule has 2 heterocycles. The van der Waals surface area contributed by atoms with E-state index in [0.717, 1.165) is 51.0 Å². The predicted molar refractivity (Wildman–Crippen MR) is 82.9 cm³/mol. The van der Waals surface area contributed by atoms with Crippen LogP contribution in [0.15, 0.2) is 24.4 Å². The van der Waals surface area contributed by atoms with E-state index in [0.29, 0.717) is 0 Å². The number of amides is 1. The summed E-state index contributed by atoms with van der Waals surface area (Å²) in [7, 11) is 0. The molecule has 5 nitrogen and oxygen atoms in total. The van der Waals surface area contributed by atoms with Crippen LogP contribution in [0.1, 0.15) is 32.1 Å². The summed E-state index contributed by atoms with van der Waals surface area (Å²) in [5.74, 6) is 1.22. The third-order valence-electron chi connectivity index (χ3n) is 4.72. The maximum absolute atomic E-state index is 12.3. The summed E-state index contributed by atoms with van der Waals surface area (Å²) in [5, 5.41) is 3.20. The number of aromatic nitrogens is 1. The van der Waals surface area contributed by atoms with Crippen molar-refractivity contribution in [1.82, 2.24) is 10.3 Å². The van der Waals surface area contributed by atoms with Crippen LogP contribution in [-0.2, 0) is 4.79 Å². The van der Waals surface area contributed by atoms with Gasteiger partial charge in [0.15, 0.2) is 0 Å². The second-order valence-electron chi connectivity index (χ2n) is 6.16. The van der Waals surface area contributed by atoms with Crippen molar-refractivity contribution < 1.29 is 4.79 Å². The van der Waals surface area contributed by atoms with Gasteiger partial charge in [-0.3, -0.25) is 4.79 Å². The van der Waals surface area contributed by atoms with Crippen molar-refractivity contribution in [3.63, 3.8) is 0 Å². The molecule has 1 saturated heterocycles. The first-order valence-electron chi connectivity index (χ1n) is 7.96. The average molecular weight is 288 g/mol. The van der Waals surface area contributed by atoms with Gasteiger partial charge in [0.2, 0.25) is 5.91 Å². The van der Waals surface area contributed by atoms with Gasteiger partial charge in [-0.1, -0.05) is 12.5 Å². The maximum atomic E-state index is 12.3. The molecule has 5 heteroatoms. The lowest BCUT2D eigenvalue weighted by Gasteiger charge is -2.33. The van der Waals surface area contributed by atoms with Gasteiger partial charge in [0, 0.05) is 31.4 Å². The minimum absolute atomic E-state index is 0.0267. The molecule has 1 aromatic rings. The molecule has 0 radical (unpaired) electrons. The van der Waals surface area contributed by atoms with Gasteiger partial charge in [0.1, 0.15) is 5.82 Å². The van der Waals surface area contributed by atoms with Crippen molar-refractivity contribution >= 4 is 11.7 Å². The zero-order chi connectivity index (χ0) is 14.7. The first-order chi connectivity index (χ1) is 10.2. The van der Waals surface area contributed by atoms with E-state index < -0.39 is 0 Å². The Labute approximate surface area is 125 Å². The first kappa shape index (κ1) is 14.3. The number of carbonyl (C=O) groups excluding carboxylic acids is 1. The minimum atomic E-state index is 0.0267. The molecule has 0 aromatic carbocycles. The number of hydrogen-bond acceptors (Lipinski definition) is 4. The standard InChI is InChI=1S/C16H24N4O/c17-14-5-3-4-13(14)16(21)19-12-7-10-20(11-8-12)15-6-1-2-9-18-15/h1-2,6,9,12-14H,3-5,7-8,10-11,17H2,(H,19,21). The van der Waals surface area contributed by atoms with Gasteiger partial charge in [-0.2, -0.15) is 0 Å². The van der Waals surface area contributed by atoms with Gasteiger partial charge in [-0.15, -0.1) is 0 Å². The van der Waals surface area contributed by atoms with Gasteiger partial charge in [-0.25, -0.2) is 4.98 Å². The van der Waals surface area contributed by atoms with E-state index in [-0.39, 0.29) is 23.9 Å². The highest BCUT2D eigenvalue weighted by Crippen LogP contribution is 2.25. The van der Waals surface area contributed by atoms with E-state index in [1.807, 2.05) is 24.4 Å². The Hall–Kier alpha value is -1.62. The van der Waals surface area contributed by atoms with E-state index in [2.05, 4.69) is 15.2 Å². The van der Waals surface area contributed by atoms with Crippen LogP contribution >= 0.6 is 0 Å². The van der Waals surface area contributed by atoms with Crippen molar-refractivity contribution in [3.8, 4) is 0 Å². The fourth-order valence-corrected chi connectivity index (χ4v) is 3.42. The Morgan fingerprint density at radius 3 is 2.67 bits per heavy atom. The van der Waals surface area contributed by atoms with Crippen molar-refractivity contribution in [2.45, 2.75) is 44.2 Å². The molecule has 1 amide bonds. The topological polar surface area (TPSA) is 71.2 Å². The fourth-order valence-electron chi connectivity index (χ4n) is 3.42. The minimum Gasteiger partial charge on any atom is -0.356 e. The number of rotatable bonds is 3. The van der Waals surface area contributed by atoms with Crippen molar-refractivity contribution in [2.24, 2.45) is 11.7 Å². The number of hydrogen-bond donors (Lipinski definition) is 2. The molecule has 2 fully saturated rings. The highest BCUT2D eigenvalue weighted by Gasteiger charge is 2.32. The largest absolute Gasteiger partial charge is 0.356 e. The number of carbonyl (C=O) groups is 1. The summed E-state index contributed by atoms with van der Waals surface area (Å²) in [6, 6.07) is 6.32. The maximum Gasteiger partial charge on any atom is 0.224 e. The molecule has 2 atom stereocenters. The second-order valence-corrected chi connectivity index (χ2v) is 6.16. The predicted octanol–water partition coefficient (Wildman–Crippen LogP) is 1.29. The number of piperidine rings is 1. The van der Waals surface area contributed by atoms with Gasteiger partial charge < -0.3 is 16.0 Å². The van der Waals surface area contributed by atoms with Gasteiger partial charge >= 0.3 is 0 Å². The molecule has 3 rings (SSSR count). The van der Waals surface area contributed by atoms with Crippen molar-refractivity contribution in [1.29, 1.82) is 0 Å². The summed E-state index contributed by atoms with van der Waals surface area (Å²) >= 11 is 0. The summed E-state index contributed by atoms with van der Waals surface area (Å²) in [6.45, 7) is 1.89. The highest BCUT2D eigenvalue weighted by molar-refractivity contribution is 5.80. The summed E-state index contributed by atoms with van der Waals surface area (Å²) in [6.07, 6.45) is 6.78. The van der Waals surface area contributed by atoms with Crippen LogP contribution < -0.4 is 16.0 Å². The van der Waals surface area contributed by atoms with E-state index in [4.69, 9.17) is 5.73 Å². The van der Waals surface area contributed by atoms with Gasteiger partial charge in [-0.05, 0) is 37.8 Å². The molecule has 2 aliphatic rings. The average Bonchev–Trinajstić information content (AvgIpc) is 2.95. The van der Waals surface area contributed by atoms with Gasteiger partial charge in [0.05, 0.1) is 5.92 Å². The molecule has 3 N–H and O–H groups in total. The highest BCUT2D eigenvalue weighted by atomic mass is 16.2. The molecule has 1 aliphatic heterocycles. The zero-order valence-corrected chi connectivity index (χ0v) is 12.4. The molecule has 114 valence electrons. The van der Waals surface area contributed by atoms with Crippen LogP contribution in [0.3, 0.4) is 0 Å². The third kappa shape index (κ3) is 3.35. The molecule has 21 heavy (non-hydrogen) atoms. The smallest absolute Gasteiger partial charge is 0.224 e. The molecule has 0 spiro atoms. The Morgan fingerprint density at radius 1 is 1.24 bits per heavy atom. The SMILES string of the molecule is NC1CCCC1C(=O)NC1CCN(c2ccccn2)CC1. The van der Waals surface area contributed by atoms with Crippen molar-refractivity contribution in [2.75, 3.05) is 18.0 Å². The Morgan fingerprint density at radius 2 is 2.05 bits per heavy atom. The Kier molecular flexibility index (Phi) is 4.39. The quantitative estimate of drug-likeness (QED) is 0.879. The molecular formula is C16H24N4O. The normalized spacial score (nSPS) is 26.8. The summed E-state index contributed by atoms with van der Waals surface area (Å²) in [4.78, 5) is 18.9. The van der Waals surface area contributed by atoms with Crippen LogP contribution in [0.2, 0.25) is 0 Å².